The largest absolute Gasteiger partial charge is 0.314 e. The van der Waals surface area contributed by atoms with Crippen LogP contribution >= 0.6 is 0 Å². The highest BCUT2D eigenvalue weighted by Gasteiger charge is 2.12. The van der Waals surface area contributed by atoms with Crippen molar-refractivity contribution in [2.45, 2.75) is 26.4 Å². The van der Waals surface area contributed by atoms with E-state index >= 15 is 0 Å². The van der Waals surface area contributed by atoms with Crippen LogP contribution in [0.15, 0.2) is 24.3 Å². The first kappa shape index (κ1) is 13.5. The highest BCUT2D eigenvalue weighted by Crippen LogP contribution is 2.04. The SMILES string of the molecule is Cc1cccc(CNC(C)CN2CCNCC2)c1. The number of aryl methyl sites for hydroxylation is 1. The van der Waals surface area contributed by atoms with E-state index in [-0.39, 0.29) is 0 Å². The number of nitrogens with one attached hydrogen (secondary N) is 2. The predicted octanol–water partition coefficient (Wildman–Crippen LogP) is 1.38. The second kappa shape index (κ2) is 6.88. The van der Waals surface area contributed by atoms with Gasteiger partial charge in [-0.1, -0.05) is 29.8 Å². The Labute approximate surface area is 111 Å². The third kappa shape index (κ3) is 4.41. The molecule has 0 aliphatic carbocycles. The monoisotopic (exact) mass is 247 g/mol. The van der Waals surface area contributed by atoms with Crippen LogP contribution in [0.3, 0.4) is 0 Å². The van der Waals surface area contributed by atoms with Crippen molar-refractivity contribution >= 4 is 0 Å². The molecule has 100 valence electrons. The van der Waals surface area contributed by atoms with Gasteiger partial charge in [-0.2, -0.15) is 0 Å². The van der Waals surface area contributed by atoms with Crippen LogP contribution in [0.2, 0.25) is 0 Å². The lowest BCUT2D eigenvalue weighted by Gasteiger charge is -2.30. The molecule has 0 amide bonds. The minimum Gasteiger partial charge on any atom is -0.314 e. The predicted molar refractivity (Wildman–Crippen MR) is 76.8 cm³/mol. The molecule has 1 aliphatic rings. The average Bonchev–Trinajstić information content (AvgIpc) is 2.38. The molecule has 0 spiro atoms. The normalized spacial score (nSPS) is 18.8. The lowest BCUT2D eigenvalue weighted by atomic mass is 10.1. The van der Waals surface area contributed by atoms with Crippen LogP contribution in [0.1, 0.15) is 18.1 Å². The van der Waals surface area contributed by atoms with Gasteiger partial charge in [0.05, 0.1) is 0 Å². The van der Waals surface area contributed by atoms with E-state index in [1.165, 1.54) is 24.2 Å². The van der Waals surface area contributed by atoms with Crippen LogP contribution in [0.25, 0.3) is 0 Å². The Morgan fingerprint density at radius 2 is 2.11 bits per heavy atom. The molecule has 1 aromatic rings. The summed E-state index contributed by atoms with van der Waals surface area (Å²) in [6, 6.07) is 9.27. The highest BCUT2D eigenvalue weighted by atomic mass is 15.2. The molecule has 1 heterocycles. The first-order valence-corrected chi connectivity index (χ1v) is 6.96. The van der Waals surface area contributed by atoms with Crippen molar-refractivity contribution < 1.29 is 0 Å². The third-order valence-electron chi connectivity index (χ3n) is 3.48. The molecule has 18 heavy (non-hydrogen) atoms. The van der Waals surface area contributed by atoms with Crippen molar-refractivity contribution in [2.24, 2.45) is 0 Å². The van der Waals surface area contributed by atoms with Gasteiger partial charge in [0.25, 0.3) is 0 Å². The Balaban J connectivity index is 1.72. The van der Waals surface area contributed by atoms with E-state index in [0.29, 0.717) is 6.04 Å². The maximum atomic E-state index is 3.61. The van der Waals surface area contributed by atoms with Gasteiger partial charge in [-0.05, 0) is 19.4 Å². The Hall–Kier alpha value is -0.900. The fraction of sp³-hybridized carbons (Fsp3) is 0.600. The van der Waals surface area contributed by atoms with Crippen LogP contribution in [0.5, 0.6) is 0 Å². The zero-order chi connectivity index (χ0) is 12.8. The molecule has 3 heteroatoms. The topological polar surface area (TPSA) is 27.3 Å². The summed E-state index contributed by atoms with van der Waals surface area (Å²) in [4.78, 5) is 2.53. The zero-order valence-electron chi connectivity index (χ0n) is 11.6. The van der Waals surface area contributed by atoms with Crippen molar-refractivity contribution in [1.82, 2.24) is 15.5 Å². The summed E-state index contributed by atoms with van der Waals surface area (Å²) >= 11 is 0. The van der Waals surface area contributed by atoms with Crippen LogP contribution in [0, 0.1) is 6.92 Å². The van der Waals surface area contributed by atoms with E-state index in [2.05, 4.69) is 53.6 Å². The highest BCUT2D eigenvalue weighted by molar-refractivity contribution is 5.21. The van der Waals surface area contributed by atoms with E-state index < -0.39 is 0 Å². The third-order valence-corrected chi connectivity index (χ3v) is 3.48. The molecular formula is C15H25N3. The van der Waals surface area contributed by atoms with E-state index in [0.717, 1.165) is 26.2 Å². The maximum Gasteiger partial charge on any atom is 0.0208 e. The smallest absolute Gasteiger partial charge is 0.0208 e. The molecule has 0 bridgehead atoms. The second-order valence-electron chi connectivity index (χ2n) is 5.32. The van der Waals surface area contributed by atoms with E-state index in [1.807, 2.05) is 0 Å². The zero-order valence-corrected chi connectivity index (χ0v) is 11.6. The second-order valence-corrected chi connectivity index (χ2v) is 5.32. The molecule has 1 aliphatic heterocycles. The lowest BCUT2D eigenvalue weighted by molar-refractivity contribution is 0.219. The average molecular weight is 247 g/mol. The van der Waals surface area contributed by atoms with Gasteiger partial charge in [0.1, 0.15) is 0 Å². The fourth-order valence-corrected chi connectivity index (χ4v) is 2.46. The minimum atomic E-state index is 0.545. The number of rotatable bonds is 5. The van der Waals surface area contributed by atoms with Gasteiger partial charge in [-0.25, -0.2) is 0 Å². The molecule has 1 saturated heterocycles. The number of hydrogen-bond donors (Lipinski definition) is 2. The summed E-state index contributed by atoms with van der Waals surface area (Å²) in [7, 11) is 0. The van der Waals surface area contributed by atoms with E-state index in [1.54, 1.807) is 0 Å². The van der Waals surface area contributed by atoms with Crippen molar-refractivity contribution in [3.05, 3.63) is 35.4 Å². The molecule has 3 nitrogen and oxygen atoms in total. The van der Waals surface area contributed by atoms with Crippen LogP contribution in [-0.4, -0.2) is 43.7 Å². The van der Waals surface area contributed by atoms with Gasteiger partial charge in [-0.15, -0.1) is 0 Å². The van der Waals surface area contributed by atoms with Gasteiger partial charge >= 0.3 is 0 Å². The summed E-state index contributed by atoms with van der Waals surface area (Å²) < 4.78 is 0. The first-order chi connectivity index (χ1) is 8.74. The number of benzene rings is 1. The summed E-state index contributed by atoms with van der Waals surface area (Å²) in [6.45, 7) is 11.1. The molecule has 1 fully saturated rings. The molecule has 0 radical (unpaired) electrons. The molecule has 1 aromatic carbocycles. The fourth-order valence-electron chi connectivity index (χ4n) is 2.46. The van der Waals surface area contributed by atoms with Crippen molar-refractivity contribution in [1.29, 1.82) is 0 Å². The maximum absolute atomic E-state index is 3.61. The summed E-state index contributed by atoms with van der Waals surface area (Å²) in [5, 5.41) is 7.00. The Morgan fingerprint density at radius 3 is 2.83 bits per heavy atom. The summed E-state index contributed by atoms with van der Waals surface area (Å²) in [5.41, 5.74) is 2.71. The first-order valence-electron chi connectivity index (χ1n) is 6.96. The molecule has 2 N–H and O–H groups in total. The quantitative estimate of drug-likeness (QED) is 0.823. The molecular weight excluding hydrogens is 222 g/mol. The molecule has 0 saturated carbocycles. The Bertz CT molecular complexity index is 359. The molecule has 2 rings (SSSR count). The van der Waals surface area contributed by atoms with Gasteiger partial charge < -0.3 is 10.6 Å². The standard InChI is InChI=1S/C15H25N3/c1-13-4-3-5-15(10-13)11-17-14(2)12-18-8-6-16-7-9-18/h3-5,10,14,16-17H,6-9,11-12H2,1-2H3. The number of nitrogens with zero attached hydrogens (tertiary/aromatic N) is 1. The van der Waals surface area contributed by atoms with Gasteiger partial charge in [-0.3, -0.25) is 4.90 Å². The number of hydrogen-bond acceptors (Lipinski definition) is 3. The Morgan fingerprint density at radius 1 is 1.33 bits per heavy atom. The molecule has 0 aromatic heterocycles. The van der Waals surface area contributed by atoms with Crippen LogP contribution in [-0.2, 0) is 6.54 Å². The van der Waals surface area contributed by atoms with Crippen molar-refractivity contribution in [3.63, 3.8) is 0 Å². The van der Waals surface area contributed by atoms with Gasteiger partial charge in [0, 0.05) is 45.3 Å². The minimum absolute atomic E-state index is 0.545. The summed E-state index contributed by atoms with van der Waals surface area (Å²) in [6.07, 6.45) is 0. The van der Waals surface area contributed by atoms with Crippen molar-refractivity contribution in [2.75, 3.05) is 32.7 Å². The van der Waals surface area contributed by atoms with Crippen molar-refractivity contribution in [3.8, 4) is 0 Å². The molecule has 1 atom stereocenters. The van der Waals surface area contributed by atoms with Gasteiger partial charge in [0.2, 0.25) is 0 Å². The molecule has 1 unspecified atom stereocenters. The van der Waals surface area contributed by atoms with E-state index in [9.17, 15) is 0 Å². The lowest BCUT2D eigenvalue weighted by Crippen LogP contribution is -2.48. The number of piperazine rings is 1. The van der Waals surface area contributed by atoms with Crippen LogP contribution in [0.4, 0.5) is 0 Å². The van der Waals surface area contributed by atoms with E-state index in [4.69, 9.17) is 0 Å². The Kier molecular flexibility index (Phi) is 5.17. The van der Waals surface area contributed by atoms with Crippen LogP contribution < -0.4 is 10.6 Å². The van der Waals surface area contributed by atoms with Gasteiger partial charge in [0.15, 0.2) is 0 Å². The summed E-state index contributed by atoms with van der Waals surface area (Å²) in [5.74, 6) is 0.